The number of benzene rings is 1. The lowest BCUT2D eigenvalue weighted by atomic mass is 9.85. The van der Waals surface area contributed by atoms with E-state index in [1.807, 2.05) is 18.2 Å². The molecular formula is C20H25F3N5O2S+. The molecule has 0 aliphatic heterocycles. The van der Waals surface area contributed by atoms with Gasteiger partial charge in [-0.05, 0) is 30.9 Å². The Bertz CT molecular complexity index is 981. The van der Waals surface area contributed by atoms with Crippen molar-refractivity contribution in [2.75, 3.05) is 20.1 Å². The molecule has 0 spiro atoms. The minimum atomic E-state index is -4.17. The first-order valence-corrected chi connectivity index (χ1v) is 10.2. The molecule has 0 saturated heterocycles. The number of alkyl halides is 3. The Morgan fingerprint density at radius 1 is 1.35 bits per heavy atom. The molecule has 0 bridgehead atoms. The lowest BCUT2D eigenvalue weighted by molar-refractivity contribution is -1.06. The number of amides is 1. The van der Waals surface area contributed by atoms with Gasteiger partial charge in [0.25, 0.3) is 5.91 Å². The number of rotatable bonds is 7. The number of thiol groups is 1. The Morgan fingerprint density at radius 2 is 2.13 bits per heavy atom. The van der Waals surface area contributed by atoms with Crippen molar-refractivity contribution < 1.29 is 27.4 Å². The molecule has 1 aromatic heterocycles. The fraction of sp³-hybridized carbons (Fsp3) is 0.400. The van der Waals surface area contributed by atoms with Crippen LogP contribution in [0.15, 0.2) is 36.5 Å². The molecule has 4 N–H and O–H groups in total. The second-order valence-electron chi connectivity index (χ2n) is 7.33. The van der Waals surface area contributed by atoms with Crippen LogP contribution in [-0.4, -0.2) is 46.7 Å². The van der Waals surface area contributed by atoms with Crippen LogP contribution in [-0.2, 0) is 0 Å². The summed E-state index contributed by atoms with van der Waals surface area (Å²) in [7, 11) is 1.51. The molecule has 31 heavy (non-hydrogen) atoms. The van der Waals surface area contributed by atoms with E-state index in [0.717, 1.165) is 16.5 Å². The fourth-order valence-electron chi connectivity index (χ4n) is 3.49. The predicted octanol–water partition coefficient (Wildman–Crippen LogP) is 3.40. The molecule has 168 valence electrons. The van der Waals surface area contributed by atoms with Gasteiger partial charge in [-0.3, -0.25) is 9.78 Å². The number of halogens is 3. The Morgan fingerprint density at radius 3 is 2.77 bits per heavy atom. The fourth-order valence-corrected chi connectivity index (χ4v) is 3.59. The first kappa shape index (κ1) is 23.5. The average Bonchev–Trinajstić information content (AvgIpc) is 2.75. The Hall–Kier alpha value is -2.18. The molecule has 1 heterocycles. The van der Waals surface area contributed by atoms with E-state index in [9.17, 15) is 23.2 Å². The maximum atomic E-state index is 12.9. The summed E-state index contributed by atoms with van der Waals surface area (Å²) in [6.07, 6.45) is -0.699. The maximum Gasteiger partial charge on any atom is 0.392 e. The zero-order chi connectivity index (χ0) is 22.6. The summed E-state index contributed by atoms with van der Waals surface area (Å²) in [5.41, 5.74) is 7.80. The molecule has 1 aromatic carbocycles. The van der Waals surface area contributed by atoms with Crippen LogP contribution in [0.25, 0.3) is 16.5 Å². The topological polar surface area (TPSA) is 86.3 Å². The van der Waals surface area contributed by atoms with Gasteiger partial charge in [-0.15, -0.1) is 10.9 Å². The summed E-state index contributed by atoms with van der Waals surface area (Å²) in [6, 6.07) is 7.18. The van der Waals surface area contributed by atoms with Crippen molar-refractivity contribution >= 4 is 35.2 Å². The van der Waals surface area contributed by atoms with Gasteiger partial charge in [0.1, 0.15) is 12.8 Å². The number of carbonyl (C=O) groups excluding carboxylic acids is 1. The lowest BCUT2D eigenvalue weighted by Crippen LogP contribution is -2.57. The van der Waals surface area contributed by atoms with E-state index in [1.165, 1.54) is 13.2 Å². The van der Waals surface area contributed by atoms with Gasteiger partial charge in [0.15, 0.2) is 0 Å². The highest BCUT2D eigenvalue weighted by atomic mass is 32.1. The quantitative estimate of drug-likeness (QED) is 0.191. The highest BCUT2D eigenvalue weighted by Crippen LogP contribution is 2.40. The molecule has 2 unspecified atom stereocenters. The standard InChI is InChI=1S/C20H24F3N5O2S/c1-24-28(30,31)27-10-9-25-19(29)15-11-14-3-2-4-17(18(14)26-12-15)13-5-7-16(8-6-13)20(21,22)23/h2-5,11-12,16,24,27,30-31H,6-10H2,1H3/p+1. The van der Waals surface area contributed by atoms with Crippen LogP contribution in [0.4, 0.5) is 13.2 Å². The number of hydrogen-bond donors (Lipinski definition) is 5. The zero-order valence-corrected chi connectivity index (χ0v) is 17.8. The van der Waals surface area contributed by atoms with Gasteiger partial charge in [-0.1, -0.05) is 24.3 Å². The Kier molecular flexibility index (Phi) is 7.22. The van der Waals surface area contributed by atoms with E-state index >= 15 is 0 Å². The number of hydrogen-bond acceptors (Lipinski definition) is 6. The Balaban J connectivity index is 1.70. The second-order valence-corrected chi connectivity index (χ2v) is 7.91. The highest BCUT2D eigenvalue weighted by Gasteiger charge is 2.39. The molecular weight excluding hydrogens is 431 g/mol. The maximum absolute atomic E-state index is 12.9. The molecule has 3 rings (SSSR count). The van der Waals surface area contributed by atoms with Crippen LogP contribution in [0.1, 0.15) is 35.2 Å². The van der Waals surface area contributed by atoms with Crippen LogP contribution < -0.4 is 16.2 Å². The van der Waals surface area contributed by atoms with Crippen molar-refractivity contribution in [1.29, 1.82) is 0 Å². The molecule has 2 aromatic rings. The van der Waals surface area contributed by atoms with Crippen molar-refractivity contribution in [3.05, 3.63) is 47.7 Å². The Labute approximate surface area is 183 Å². The SMILES string of the molecule is CN[N+](O)(S)NCCNC(=O)c1cnc2c(C3=CCC(C(F)(F)F)CC3)cccc2c1. The number of nitrogens with zero attached hydrogens (tertiary/aromatic N) is 2. The molecule has 7 nitrogen and oxygen atoms in total. The third-order valence-electron chi connectivity index (χ3n) is 5.25. The molecule has 0 fully saturated rings. The molecule has 1 aliphatic carbocycles. The smallest absolute Gasteiger partial charge is 0.350 e. The number of para-hydroxylation sites is 1. The predicted molar refractivity (Wildman–Crippen MR) is 114 cm³/mol. The van der Waals surface area contributed by atoms with Gasteiger partial charge in [0.05, 0.1) is 23.5 Å². The molecule has 0 radical (unpaired) electrons. The number of quaternary nitrogens is 1. The van der Waals surface area contributed by atoms with E-state index in [-0.39, 0.29) is 31.8 Å². The van der Waals surface area contributed by atoms with Crippen LogP contribution in [0.2, 0.25) is 0 Å². The lowest BCUT2D eigenvalue weighted by Gasteiger charge is -2.24. The van der Waals surface area contributed by atoms with E-state index < -0.39 is 16.4 Å². The van der Waals surface area contributed by atoms with Crippen LogP contribution in [0.5, 0.6) is 0 Å². The average molecular weight is 457 g/mol. The summed E-state index contributed by atoms with van der Waals surface area (Å²) in [5.74, 6) is -1.62. The normalized spacial score (nSPS) is 19.0. The first-order valence-electron chi connectivity index (χ1n) is 9.82. The largest absolute Gasteiger partial charge is 0.392 e. The van der Waals surface area contributed by atoms with Gasteiger partial charge in [0, 0.05) is 35.0 Å². The minimum absolute atomic E-state index is 0.0303. The van der Waals surface area contributed by atoms with Gasteiger partial charge in [-0.25, -0.2) is 0 Å². The zero-order valence-electron chi connectivity index (χ0n) is 16.9. The van der Waals surface area contributed by atoms with Gasteiger partial charge in [0.2, 0.25) is 0 Å². The van der Waals surface area contributed by atoms with Crippen LogP contribution in [0, 0.1) is 5.92 Å². The van der Waals surface area contributed by atoms with Gasteiger partial charge in [-0.2, -0.15) is 18.4 Å². The highest BCUT2D eigenvalue weighted by molar-refractivity contribution is 7.73. The molecule has 1 aliphatic rings. The van der Waals surface area contributed by atoms with E-state index in [0.29, 0.717) is 17.5 Å². The summed E-state index contributed by atoms with van der Waals surface area (Å²) in [5, 5.41) is 13.1. The van der Waals surface area contributed by atoms with E-state index in [4.69, 9.17) is 0 Å². The number of carbonyl (C=O) groups is 1. The van der Waals surface area contributed by atoms with Crippen molar-refractivity contribution in [1.82, 2.24) is 21.2 Å². The molecule has 11 heteroatoms. The number of allylic oxidation sites excluding steroid dienone is 2. The summed E-state index contributed by atoms with van der Waals surface area (Å²) >= 11 is 3.88. The monoisotopic (exact) mass is 456 g/mol. The third-order valence-corrected chi connectivity index (χ3v) is 5.59. The van der Waals surface area contributed by atoms with Crippen molar-refractivity contribution in [3.63, 3.8) is 0 Å². The molecule has 0 saturated carbocycles. The molecule has 1 amide bonds. The molecule has 2 atom stereocenters. The summed E-state index contributed by atoms with van der Waals surface area (Å²) < 4.78 is 37.9. The number of aromatic nitrogens is 1. The summed E-state index contributed by atoms with van der Waals surface area (Å²) in [6.45, 7) is 0.498. The van der Waals surface area contributed by atoms with Crippen molar-refractivity contribution in [3.8, 4) is 0 Å². The van der Waals surface area contributed by atoms with Crippen LogP contribution >= 0.6 is 12.8 Å². The number of fused-ring (bicyclic) bond motifs is 1. The van der Waals surface area contributed by atoms with Crippen LogP contribution in [0.3, 0.4) is 0 Å². The minimum Gasteiger partial charge on any atom is -0.350 e. The van der Waals surface area contributed by atoms with E-state index in [1.54, 1.807) is 12.1 Å². The van der Waals surface area contributed by atoms with Gasteiger partial charge < -0.3 is 5.32 Å². The third kappa shape index (κ3) is 5.95. The summed E-state index contributed by atoms with van der Waals surface area (Å²) in [4.78, 5) is 16.8. The van der Waals surface area contributed by atoms with Crippen molar-refractivity contribution in [2.24, 2.45) is 5.92 Å². The second kappa shape index (κ2) is 9.53. The van der Waals surface area contributed by atoms with Gasteiger partial charge >= 0.3 is 6.18 Å². The first-order chi connectivity index (χ1) is 14.6. The number of nitrogens with one attached hydrogen (secondary N) is 3. The number of pyridine rings is 1. The van der Waals surface area contributed by atoms with E-state index in [2.05, 4.69) is 34.0 Å². The van der Waals surface area contributed by atoms with Crippen molar-refractivity contribution in [2.45, 2.75) is 25.4 Å².